The van der Waals surface area contributed by atoms with E-state index in [2.05, 4.69) is 4.98 Å². The van der Waals surface area contributed by atoms with Gasteiger partial charge in [0.05, 0.1) is 5.75 Å². The first-order chi connectivity index (χ1) is 14.8. The lowest BCUT2D eigenvalue weighted by Gasteiger charge is -2.34. The van der Waals surface area contributed by atoms with Gasteiger partial charge in [0.2, 0.25) is 15.8 Å². The highest BCUT2D eigenvalue weighted by Gasteiger charge is 2.40. The number of ether oxygens (including phenoxy) is 1. The van der Waals surface area contributed by atoms with Crippen molar-refractivity contribution in [1.29, 1.82) is 0 Å². The van der Waals surface area contributed by atoms with Gasteiger partial charge in [-0.2, -0.15) is 4.31 Å². The van der Waals surface area contributed by atoms with Crippen LogP contribution in [0.5, 0.6) is 0 Å². The number of nitrogens with one attached hydrogen (secondary N) is 1. The fourth-order valence-corrected chi connectivity index (χ4v) is 5.17. The summed E-state index contributed by atoms with van der Waals surface area (Å²) in [6.07, 6.45) is 0.764. The van der Waals surface area contributed by atoms with Crippen LogP contribution in [0.25, 0.3) is 10.9 Å². The Morgan fingerprint density at radius 2 is 1.81 bits per heavy atom. The first kappa shape index (κ1) is 21.3. The number of aromatic amines is 1. The molecular formula is C23H24N2O5S. The van der Waals surface area contributed by atoms with Gasteiger partial charge in [-0.3, -0.25) is 9.59 Å². The van der Waals surface area contributed by atoms with E-state index in [1.54, 1.807) is 13.1 Å². The number of benzene rings is 2. The summed E-state index contributed by atoms with van der Waals surface area (Å²) in [4.78, 5) is 29.0. The quantitative estimate of drug-likeness (QED) is 0.469. The smallest absolute Gasteiger partial charge is 0.325 e. The summed E-state index contributed by atoms with van der Waals surface area (Å²) in [5.41, 5.74) is 3.02. The van der Waals surface area contributed by atoms with Crippen LogP contribution >= 0.6 is 0 Å². The molecule has 0 bridgehead atoms. The van der Waals surface area contributed by atoms with E-state index in [-0.39, 0.29) is 24.5 Å². The maximum Gasteiger partial charge on any atom is 0.325 e. The summed E-state index contributed by atoms with van der Waals surface area (Å²) < 4.78 is 32.1. The molecular weight excluding hydrogens is 416 g/mol. The first-order valence-electron chi connectivity index (χ1n) is 10.2. The van der Waals surface area contributed by atoms with E-state index >= 15 is 0 Å². The maximum atomic E-state index is 13.0. The fraction of sp³-hybridized carbons (Fsp3) is 0.304. The molecule has 2 atom stereocenters. The van der Waals surface area contributed by atoms with E-state index < -0.39 is 28.1 Å². The molecule has 2 aromatic carbocycles. The molecule has 1 N–H and O–H groups in total. The summed E-state index contributed by atoms with van der Waals surface area (Å²) in [6.45, 7) is 3.16. The zero-order valence-electron chi connectivity index (χ0n) is 17.4. The third-order valence-corrected chi connectivity index (χ3v) is 7.54. The van der Waals surface area contributed by atoms with Crippen LogP contribution in [0, 0.1) is 0 Å². The minimum absolute atomic E-state index is 0.108. The van der Waals surface area contributed by atoms with E-state index in [4.69, 9.17) is 4.74 Å². The number of hydrogen-bond acceptors (Lipinski definition) is 5. The van der Waals surface area contributed by atoms with Crippen molar-refractivity contribution in [3.63, 3.8) is 0 Å². The zero-order valence-corrected chi connectivity index (χ0v) is 18.2. The van der Waals surface area contributed by atoms with E-state index in [0.29, 0.717) is 5.56 Å². The minimum atomic E-state index is -3.64. The number of ketones is 1. The molecule has 0 radical (unpaired) electrons. The van der Waals surface area contributed by atoms with E-state index in [1.165, 1.54) is 11.2 Å². The molecule has 8 heteroatoms. The molecule has 3 aromatic rings. The number of sulfonamides is 1. The van der Waals surface area contributed by atoms with E-state index in [0.717, 1.165) is 22.0 Å². The van der Waals surface area contributed by atoms with Crippen LogP contribution < -0.4 is 0 Å². The number of rotatable bonds is 6. The Morgan fingerprint density at radius 3 is 2.55 bits per heavy atom. The van der Waals surface area contributed by atoms with Gasteiger partial charge in [-0.25, -0.2) is 8.42 Å². The topological polar surface area (TPSA) is 96.5 Å². The number of H-pyrrole nitrogens is 1. The lowest BCUT2D eigenvalue weighted by Crippen LogP contribution is -2.50. The van der Waals surface area contributed by atoms with Gasteiger partial charge in [0.15, 0.2) is 6.10 Å². The molecule has 2 heterocycles. The number of carbonyl (C=O) groups excluding carboxylic acids is 2. The molecule has 1 aromatic heterocycles. The normalized spacial score (nSPS) is 17.8. The molecule has 0 unspecified atom stereocenters. The Labute approximate surface area is 181 Å². The number of nitrogens with zero attached hydrogens (tertiary/aromatic N) is 1. The molecule has 1 aliphatic rings. The molecule has 0 fully saturated rings. The minimum Gasteiger partial charge on any atom is -0.453 e. The Kier molecular flexibility index (Phi) is 5.68. The Balaban J connectivity index is 1.57. The summed E-state index contributed by atoms with van der Waals surface area (Å²) in [6, 6.07) is 13.8. The standard InChI is InChI=1S/C23H24N2O5S/c1-3-31(28,29)25-14-17-9-5-4-8-16(17)12-21(25)23(27)30-15(2)22(26)19-13-24-20-11-7-6-10-18(19)20/h4-11,13,15,21,24H,3,12,14H2,1-2H3/t15-,21-/m1/s1. The predicted molar refractivity (Wildman–Crippen MR) is 117 cm³/mol. The first-order valence-corrected chi connectivity index (χ1v) is 11.8. The van der Waals surface area contributed by atoms with Crippen molar-refractivity contribution in [2.24, 2.45) is 0 Å². The van der Waals surface area contributed by atoms with Crippen molar-refractivity contribution in [1.82, 2.24) is 9.29 Å². The Bertz CT molecular complexity index is 1250. The van der Waals surface area contributed by atoms with Crippen molar-refractivity contribution < 1.29 is 22.7 Å². The molecule has 0 spiro atoms. The molecule has 4 rings (SSSR count). The van der Waals surface area contributed by atoms with Gasteiger partial charge in [0.25, 0.3) is 0 Å². The monoisotopic (exact) mass is 440 g/mol. The van der Waals surface area contributed by atoms with Crippen LogP contribution in [0.3, 0.4) is 0 Å². The van der Waals surface area contributed by atoms with E-state index in [1.807, 2.05) is 48.5 Å². The molecule has 0 amide bonds. The third kappa shape index (κ3) is 4.00. The van der Waals surface area contributed by atoms with Crippen molar-refractivity contribution in [3.05, 3.63) is 71.4 Å². The van der Waals surface area contributed by atoms with Gasteiger partial charge in [0.1, 0.15) is 6.04 Å². The molecule has 0 saturated heterocycles. The summed E-state index contributed by atoms with van der Waals surface area (Å²) >= 11 is 0. The number of para-hydroxylation sites is 1. The van der Waals surface area contributed by atoms with Crippen LogP contribution in [0.4, 0.5) is 0 Å². The summed E-state index contributed by atoms with van der Waals surface area (Å²) in [7, 11) is -3.64. The zero-order chi connectivity index (χ0) is 22.2. The highest BCUT2D eigenvalue weighted by Crippen LogP contribution is 2.27. The molecule has 31 heavy (non-hydrogen) atoms. The third-order valence-electron chi connectivity index (χ3n) is 5.72. The number of esters is 1. The van der Waals surface area contributed by atoms with Crippen molar-refractivity contribution in [3.8, 4) is 0 Å². The Hall–Kier alpha value is -2.97. The number of hydrogen-bond donors (Lipinski definition) is 1. The average molecular weight is 441 g/mol. The molecule has 0 aliphatic carbocycles. The van der Waals surface area contributed by atoms with Crippen LogP contribution in [0.1, 0.15) is 35.3 Å². The lowest BCUT2D eigenvalue weighted by atomic mass is 9.96. The second-order valence-electron chi connectivity index (χ2n) is 7.63. The second kappa shape index (κ2) is 8.28. The number of Topliss-reactive ketones (excluding diaryl/α,β-unsaturated/α-hetero) is 1. The summed E-state index contributed by atoms with van der Waals surface area (Å²) in [5, 5.41) is 0.747. The summed E-state index contributed by atoms with van der Waals surface area (Å²) in [5.74, 6) is -1.18. The highest BCUT2D eigenvalue weighted by molar-refractivity contribution is 7.89. The molecule has 7 nitrogen and oxygen atoms in total. The van der Waals surface area contributed by atoms with Gasteiger partial charge in [-0.05, 0) is 31.0 Å². The maximum absolute atomic E-state index is 13.0. The second-order valence-corrected chi connectivity index (χ2v) is 9.84. The lowest BCUT2D eigenvalue weighted by molar-refractivity contribution is -0.151. The van der Waals surface area contributed by atoms with Crippen LogP contribution in [0.2, 0.25) is 0 Å². The number of carbonyl (C=O) groups is 2. The largest absolute Gasteiger partial charge is 0.453 e. The van der Waals surface area contributed by atoms with Crippen molar-refractivity contribution >= 4 is 32.7 Å². The van der Waals surface area contributed by atoms with Crippen LogP contribution in [-0.2, 0) is 32.5 Å². The van der Waals surface area contributed by atoms with E-state index in [9.17, 15) is 18.0 Å². The number of fused-ring (bicyclic) bond motifs is 2. The van der Waals surface area contributed by atoms with Crippen molar-refractivity contribution in [2.75, 3.05) is 5.75 Å². The van der Waals surface area contributed by atoms with Gasteiger partial charge in [-0.1, -0.05) is 42.5 Å². The highest BCUT2D eigenvalue weighted by atomic mass is 32.2. The van der Waals surface area contributed by atoms with Gasteiger partial charge >= 0.3 is 5.97 Å². The Morgan fingerprint density at radius 1 is 1.13 bits per heavy atom. The number of aromatic nitrogens is 1. The van der Waals surface area contributed by atoms with Gasteiger partial charge in [0, 0.05) is 35.6 Å². The average Bonchev–Trinajstić information content (AvgIpc) is 3.21. The van der Waals surface area contributed by atoms with Crippen LogP contribution in [0.15, 0.2) is 54.7 Å². The van der Waals surface area contributed by atoms with Gasteiger partial charge in [-0.15, -0.1) is 0 Å². The fourth-order valence-electron chi connectivity index (χ4n) is 3.96. The predicted octanol–water partition coefficient (Wildman–Crippen LogP) is 3.06. The molecule has 1 aliphatic heterocycles. The molecule has 162 valence electrons. The van der Waals surface area contributed by atoms with Gasteiger partial charge < -0.3 is 9.72 Å². The van der Waals surface area contributed by atoms with Crippen molar-refractivity contribution in [2.45, 2.75) is 39.0 Å². The van der Waals surface area contributed by atoms with Crippen LogP contribution in [-0.4, -0.2) is 47.4 Å². The SMILES string of the molecule is CCS(=O)(=O)N1Cc2ccccc2C[C@@H]1C(=O)O[C@H](C)C(=O)c1c[nH]c2ccccc12. The molecule has 0 saturated carbocycles.